The molecule has 1 unspecified atom stereocenters. The molecule has 2 heteroatoms. The average Bonchev–Trinajstić information content (AvgIpc) is 3.09. The molecule has 0 amide bonds. The molecule has 1 aliphatic rings. The van der Waals surface area contributed by atoms with Crippen molar-refractivity contribution >= 4 is 44.7 Å². The Morgan fingerprint density at radius 2 is 1.00 bits per heavy atom. The Morgan fingerprint density at radius 3 is 1.70 bits per heavy atom. The first-order valence-corrected chi connectivity index (χ1v) is 14.7. The van der Waals surface area contributed by atoms with E-state index in [0.717, 1.165) is 39.5 Å². The van der Waals surface area contributed by atoms with E-state index in [2.05, 4.69) is 181 Å². The molecule has 0 aromatic heterocycles. The van der Waals surface area contributed by atoms with Crippen molar-refractivity contribution in [3.8, 4) is 5.75 Å². The maximum atomic E-state index is 7.18. The van der Waals surface area contributed by atoms with E-state index in [1.54, 1.807) is 0 Å². The van der Waals surface area contributed by atoms with Gasteiger partial charge in [-0.25, -0.2) is 0 Å². The van der Waals surface area contributed by atoms with Gasteiger partial charge in [0.2, 0.25) is 0 Å². The Morgan fingerprint density at radius 1 is 0.442 bits per heavy atom. The molecule has 0 fully saturated rings. The molecule has 0 saturated heterocycles. The third-order valence-corrected chi connectivity index (χ3v) is 8.46. The minimum atomic E-state index is -0.806. The summed E-state index contributed by atoms with van der Waals surface area (Å²) in [6.07, 6.45) is 4.49. The van der Waals surface area contributed by atoms with Gasteiger partial charge in [-0.2, -0.15) is 0 Å². The van der Waals surface area contributed by atoms with Crippen LogP contribution in [0.15, 0.2) is 170 Å². The van der Waals surface area contributed by atoms with Crippen LogP contribution >= 0.6 is 0 Å². The molecule has 8 rings (SSSR count). The second kappa shape index (κ2) is 10.3. The molecule has 43 heavy (non-hydrogen) atoms. The highest BCUT2D eigenvalue weighted by Crippen LogP contribution is 2.46. The summed E-state index contributed by atoms with van der Waals surface area (Å²) in [6.45, 7) is 0. The van der Waals surface area contributed by atoms with Crippen LogP contribution in [0.5, 0.6) is 5.75 Å². The summed E-state index contributed by atoms with van der Waals surface area (Å²) in [6, 6.07) is 57.7. The van der Waals surface area contributed by atoms with Gasteiger partial charge in [0.25, 0.3) is 0 Å². The number of nitrogens with zero attached hydrogens (tertiary/aromatic N) is 1. The van der Waals surface area contributed by atoms with E-state index >= 15 is 0 Å². The molecule has 0 bridgehead atoms. The summed E-state index contributed by atoms with van der Waals surface area (Å²) in [7, 11) is 0. The predicted octanol–water partition coefficient (Wildman–Crippen LogP) is 10.8. The standard InChI is InChI=1S/C41H29NO/c1-3-15-33(16-4-1)42(34-17-5-2-6-18-34)35-25-23-32(24-26-35)41(39-21-11-14-30-12-8-10-20-37(30)39)29-28-38-36-19-9-7-13-31(36)22-27-40(38)43-41/h1-29H. The van der Waals surface area contributed by atoms with E-state index in [0.29, 0.717) is 0 Å². The van der Waals surface area contributed by atoms with Gasteiger partial charge in [-0.1, -0.05) is 121 Å². The molecular formula is C41H29NO. The fourth-order valence-corrected chi connectivity index (χ4v) is 6.41. The van der Waals surface area contributed by atoms with Crippen LogP contribution in [-0.2, 0) is 5.60 Å². The van der Waals surface area contributed by atoms with Crippen molar-refractivity contribution in [2.24, 2.45) is 0 Å². The van der Waals surface area contributed by atoms with Gasteiger partial charge in [-0.3, -0.25) is 0 Å². The summed E-state index contributed by atoms with van der Waals surface area (Å²) in [5.41, 5.74) is 5.81. The van der Waals surface area contributed by atoms with E-state index in [-0.39, 0.29) is 0 Å². The van der Waals surface area contributed by atoms with Crippen molar-refractivity contribution in [3.63, 3.8) is 0 Å². The Bertz CT molecular complexity index is 2050. The fourth-order valence-electron chi connectivity index (χ4n) is 6.41. The van der Waals surface area contributed by atoms with Crippen LogP contribution in [0, 0.1) is 0 Å². The van der Waals surface area contributed by atoms with Gasteiger partial charge in [0, 0.05) is 33.8 Å². The summed E-state index contributed by atoms with van der Waals surface area (Å²) in [4.78, 5) is 2.29. The van der Waals surface area contributed by atoms with Crippen LogP contribution in [0.1, 0.15) is 16.7 Å². The van der Waals surface area contributed by atoms with Gasteiger partial charge in [0.15, 0.2) is 5.60 Å². The number of benzene rings is 7. The Labute approximate surface area is 251 Å². The van der Waals surface area contributed by atoms with E-state index in [1.165, 1.54) is 21.5 Å². The molecule has 0 aliphatic carbocycles. The molecule has 0 spiro atoms. The molecule has 0 saturated carbocycles. The molecule has 204 valence electrons. The largest absolute Gasteiger partial charge is 0.473 e. The molecule has 7 aromatic rings. The molecule has 1 heterocycles. The summed E-state index contributed by atoms with van der Waals surface area (Å²) in [5, 5.41) is 4.77. The van der Waals surface area contributed by atoms with Crippen LogP contribution in [0.3, 0.4) is 0 Å². The highest BCUT2D eigenvalue weighted by molar-refractivity contribution is 5.95. The smallest absolute Gasteiger partial charge is 0.178 e. The first-order chi connectivity index (χ1) is 21.3. The van der Waals surface area contributed by atoms with Gasteiger partial charge in [0.1, 0.15) is 5.75 Å². The van der Waals surface area contributed by atoms with E-state index in [4.69, 9.17) is 4.74 Å². The van der Waals surface area contributed by atoms with E-state index in [1.807, 2.05) is 0 Å². The predicted molar refractivity (Wildman–Crippen MR) is 179 cm³/mol. The SMILES string of the molecule is C1=CC(c2ccc(N(c3ccccc3)c3ccccc3)cc2)(c2cccc3ccccc23)Oc2ccc3ccccc3c21. The molecule has 0 radical (unpaired) electrons. The summed E-state index contributed by atoms with van der Waals surface area (Å²) in [5.74, 6) is 0.883. The normalized spacial score (nSPS) is 15.6. The second-order valence-electron chi connectivity index (χ2n) is 10.9. The van der Waals surface area contributed by atoms with Gasteiger partial charge in [0.05, 0.1) is 0 Å². The minimum Gasteiger partial charge on any atom is -0.473 e. The quantitative estimate of drug-likeness (QED) is 0.211. The first-order valence-electron chi connectivity index (χ1n) is 14.7. The van der Waals surface area contributed by atoms with E-state index < -0.39 is 5.60 Å². The second-order valence-corrected chi connectivity index (χ2v) is 10.9. The van der Waals surface area contributed by atoms with Gasteiger partial charge in [-0.05, 0) is 76.2 Å². The molecule has 7 aromatic carbocycles. The third-order valence-electron chi connectivity index (χ3n) is 8.46. The van der Waals surface area contributed by atoms with Crippen molar-refractivity contribution in [1.82, 2.24) is 0 Å². The van der Waals surface area contributed by atoms with Crippen molar-refractivity contribution in [1.29, 1.82) is 0 Å². The third kappa shape index (κ3) is 4.27. The van der Waals surface area contributed by atoms with Crippen molar-refractivity contribution in [3.05, 3.63) is 187 Å². The maximum absolute atomic E-state index is 7.18. The highest BCUT2D eigenvalue weighted by atomic mass is 16.5. The van der Waals surface area contributed by atoms with Crippen LogP contribution < -0.4 is 9.64 Å². The molecule has 1 atom stereocenters. The van der Waals surface area contributed by atoms with Gasteiger partial charge < -0.3 is 9.64 Å². The van der Waals surface area contributed by atoms with Crippen molar-refractivity contribution < 1.29 is 4.74 Å². The topological polar surface area (TPSA) is 12.5 Å². The number of ether oxygens (including phenoxy) is 1. The van der Waals surface area contributed by atoms with Crippen LogP contribution in [-0.4, -0.2) is 0 Å². The summed E-state index contributed by atoms with van der Waals surface area (Å²) >= 11 is 0. The lowest BCUT2D eigenvalue weighted by Crippen LogP contribution is -2.34. The number of hydrogen-bond donors (Lipinski definition) is 0. The zero-order valence-corrected chi connectivity index (χ0v) is 23.6. The monoisotopic (exact) mass is 551 g/mol. The van der Waals surface area contributed by atoms with Crippen LogP contribution in [0.2, 0.25) is 0 Å². The van der Waals surface area contributed by atoms with Crippen LogP contribution in [0.25, 0.3) is 27.6 Å². The van der Waals surface area contributed by atoms with Crippen molar-refractivity contribution in [2.45, 2.75) is 5.60 Å². The summed E-state index contributed by atoms with van der Waals surface area (Å²) < 4.78 is 7.18. The zero-order valence-electron chi connectivity index (χ0n) is 23.6. The van der Waals surface area contributed by atoms with Crippen molar-refractivity contribution in [2.75, 3.05) is 4.90 Å². The number of hydrogen-bond acceptors (Lipinski definition) is 2. The lowest BCUT2D eigenvalue weighted by Gasteiger charge is -2.37. The number of fused-ring (bicyclic) bond motifs is 4. The molecule has 0 N–H and O–H groups in total. The van der Waals surface area contributed by atoms with E-state index in [9.17, 15) is 0 Å². The Kier molecular flexibility index (Phi) is 6.05. The Balaban J connectivity index is 1.31. The molecular weight excluding hydrogens is 522 g/mol. The number of rotatable bonds is 5. The lowest BCUT2D eigenvalue weighted by molar-refractivity contribution is 0.163. The number of para-hydroxylation sites is 2. The zero-order chi connectivity index (χ0) is 28.6. The fraction of sp³-hybridized carbons (Fsp3) is 0.0244. The lowest BCUT2D eigenvalue weighted by atomic mass is 9.81. The minimum absolute atomic E-state index is 0.806. The maximum Gasteiger partial charge on any atom is 0.178 e. The molecule has 2 nitrogen and oxygen atoms in total. The van der Waals surface area contributed by atoms with Gasteiger partial charge in [-0.15, -0.1) is 0 Å². The molecule has 1 aliphatic heterocycles. The first kappa shape index (κ1) is 25.1. The highest BCUT2D eigenvalue weighted by Gasteiger charge is 2.38. The van der Waals surface area contributed by atoms with Gasteiger partial charge >= 0.3 is 0 Å². The number of anilines is 3. The van der Waals surface area contributed by atoms with Crippen LogP contribution in [0.4, 0.5) is 17.1 Å². The average molecular weight is 552 g/mol. The Hall–Kier alpha value is -5.60.